The van der Waals surface area contributed by atoms with E-state index in [4.69, 9.17) is 0 Å². The maximum Gasteiger partial charge on any atom is 0.0735 e. The molecule has 0 aromatic heterocycles. The Labute approximate surface area is 136 Å². The fourth-order valence-electron chi connectivity index (χ4n) is 3.00. The molecular weight excluding hydrogens is 330 g/mol. The molecule has 118 valence electrons. The summed E-state index contributed by atoms with van der Waals surface area (Å²) in [5.41, 5.74) is 2.43. The van der Waals surface area contributed by atoms with E-state index in [0.717, 1.165) is 17.4 Å². The molecule has 5 heteroatoms. The highest BCUT2D eigenvalue weighted by atomic mass is 79.9. The topological polar surface area (TPSA) is 38.7 Å². The van der Waals surface area contributed by atoms with Gasteiger partial charge in [-0.2, -0.15) is 0 Å². The Morgan fingerprint density at radius 3 is 2.76 bits per heavy atom. The van der Waals surface area contributed by atoms with E-state index in [1.807, 2.05) is 7.05 Å². The van der Waals surface area contributed by atoms with E-state index in [-0.39, 0.29) is 6.10 Å². The van der Waals surface area contributed by atoms with E-state index in [2.05, 4.69) is 70.3 Å². The standard InChI is InChI=1S/C16H26BrN3O/c1-11(18-2)15-6-5-12(8-16(15)17)20-10-14(21)7-13(20)9-19(3)4/h5-6,8,11,13-14,18,21H,7,9-10H2,1-4H3. The molecular formula is C16H26BrN3O. The van der Waals surface area contributed by atoms with Crippen LogP contribution in [0.2, 0.25) is 0 Å². The van der Waals surface area contributed by atoms with E-state index >= 15 is 0 Å². The van der Waals surface area contributed by atoms with Crippen molar-refractivity contribution in [1.82, 2.24) is 10.2 Å². The normalized spacial score (nSPS) is 23.9. The smallest absolute Gasteiger partial charge is 0.0735 e. The minimum absolute atomic E-state index is 0.232. The van der Waals surface area contributed by atoms with Gasteiger partial charge >= 0.3 is 0 Å². The highest BCUT2D eigenvalue weighted by Crippen LogP contribution is 2.32. The van der Waals surface area contributed by atoms with E-state index in [0.29, 0.717) is 18.6 Å². The molecule has 1 saturated heterocycles. The Bertz CT molecular complexity index is 481. The lowest BCUT2D eigenvalue weighted by molar-refractivity contribution is 0.191. The molecule has 1 aliphatic rings. The van der Waals surface area contributed by atoms with Gasteiger partial charge in [-0.15, -0.1) is 0 Å². The van der Waals surface area contributed by atoms with Gasteiger partial charge in [0, 0.05) is 35.3 Å². The van der Waals surface area contributed by atoms with Gasteiger partial charge in [-0.25, -0.2) is 0 Å². The third-order valence-electron chi connectivity index (χ3n) is 4.18. The zero-order chi connectivity index (χ0) is 15.6. The molecule has 0 saturated carbocycles. The Morgan fingerprint density at radius 2 is 2.19 bits per heavy atom. The van der Waals surface area contributed by atoms with Crippen LogP contribution in [0.1, 0.15) is 24.9 Å². The number of halogens is 1. The highest BCUT2D eigenvalue weighted by molar-refractivity contribution is 9.10. The molecule has 1 aromatic rings. The fraction of sp³-hybridized carbons (Fsp3) is 0.625. The van der Waals surface area contributed by atoms with Crippen molar-refractivity contribution in [3.63, 3.8) is 0 Å². The first-order chi connectivity index (χ1) is 9.92. The van der Waals surface area contributed by atoms with Crippen LogP contribution in [0, 0.1) is 0 Å². The first-order valence-electron chi connectivity index (χ1n) is 7.48. The summed E-state index contributed by atoms with van der Waals surface area (Å²) in [4.78, 5) is 4.51. The van der Waals surface area contributed by atoms with Crippen LogP contribution in [0.3, 0.4) is 0 Å². The number of rotatable bonds is 5. The number of likely N-dealkylation sites (N-methyl/N-ethyl adjacent to an activating group) is 1. The van der Waals surface area contributed by atoms with E-state index in [9.17, 15) is 5.11 Å². The summed E-state index contributed by atoms with van der Waals surface area (Å²) in [7, 11) is 6.13. The predicted octanol–water partition coefficient (Wildman–Crippen LogP) is 2.23. The second-order valence-electron chi connectivity index (χ2n) is 6.17. The van der Waals surface area contributed by atoms with Crippen LogP contribution in [-0.4, -0.2) is 56.4 Å². The summed E-state index contributed by atoms with van der Waals surface area (Å²) in [5, 5.41) is 13.3. The lowest BCUT2D eigenvalue weighted by Gasteiger charge is -2.29. The van der Waals surface area contributed by atoms with Crippen molar-refractivity contribution in [2.45, 2.75) is 31.5 Å². The number of nitrogens with one attached hydrogen (secondary N) is 1. The number of aliphatic hydroxyl groups is 1. The Balaban J connectivity index is 2.22. The fourth-order valence-corrected chi connectivity index (χ4v) is 3.71. The van der Waals surface area contributed by atoms with Crippen LogP contribution in [-0.2, 0) is 0 Å². The lowest BCUT2D eigenvalue weighted by Crippen LogP contribution is -2.37. The monoisotopic (exact) mass is 355 g/mol. The molecule has 0 radical (unpaired) electrons. The van der Waals surface area contributed by atoms with Gasteiger partial charge in [0.15, 0.2) is 0 Å². The third kappa shape index (κ3) is 3.97. The molecule has 1 aromatic carbocycles. The number of β-amino-alcohol motifs (C(OH)–C–C–N with tert-alkyl or cyclic N) is 1. The Hall–Kier alpha value is -0.620. The van der Waals surface area contributed by atoms with Gasteiger partial charge < -0.3 is 20.2 Å². The number of anilines is 1. The average molecular weight is 356 g/mol. The molecule has 0 amide bonds. The molecule has 2 rings (SSSR count). The first kappa shape index (κ1) is 16.7. The van der Waals surface area contributed by atoms with Gasteiger partial charge in [0.1, 0.15) is 0 Å². The number of benzene rings is 1. The van der Waals surface area contributed by atoms with Crippen LogP contribution in [0.15, 0.2) is 22.7 Å². The summed E-state index contributed by atoms with van der Waals surface area (Å²) in [5.74, 6) is 0. The highest BCUT2D eigenvalue weighted by Gasteiger charge is 2.31. The summed E-state index contributed by atoms with van der Waals surface area (Å²) in [6.07, 6.45) is 0.606. The summed E-state index contributed by atoms with van der Waals surface area (Å²) < 4.78 is 1.12. The molecule has 3 unspecified atom stereocenters. The lowest BCUT2D eigenvalue weighted by atomic mass is 10.1. The molecule has 21 heavy (non-hydrogen) atoms. The van der Waals surface area contributed by atoms with Crippen LogP contribution < -0.4 is 10.2 Å². The number of aliphatic hydroxyl groups excluding tert-OH is 1. The Kier molecular flexibility index (Phi) is 5.66. The molecule has 2 N–H and O–H groups in total. The quantitative estimate of drug-likeness (QED) is 0.849. The van der Waals surface area contributed by atoms with Crippen LogP contribution in [0.4, 0.5) is 5.69 Å². The van der Waals surface area contributed by atoms with Crippen molar-refractivity contribution in [3.8, 4) is 0 Å². The van der Waals surface area contributed by atoms with E-state index < -0.39 is 0 Å². The number of nitrogens with zero attached hydrogens (tertiary/aromatic N) is 2. The molecule has 1 fully saturated rings. The van der Waals surface area contributed by atoms with Crippen LogP contribution in [0.5, 0.6) is 0 Å². The maximum absolute atomic E-state index is 10.0. The maximum atomic E-state index is 10.0. The van der Waals surface area contributed by atoms with Crippen molar-refractivity contribution in [2.24, 2.45) is 0 Å². The molecule has 4 nitrogen and oxygen atoms in total. The molecule has 3 atom stereocenters. The molecule has 0 bridgehead atoms. The van der Waals surface area contributed by atoms with Gasteiger partial charge in [-0.3, -0.25) is 0 Å². The van der Waals surface area contributed by atoms with Crippen molar-refractivity contribution in [1.29, 1.82) is 0 Å². The second-order valence-corrected chi connectivity index (χ2v) is 7.03. The van der Waals surface area contributed by atoms with Gasteiger partial charge in [0.2, 0.25) is 0 Å². The Morgan fingerprint density at radius 1 is 1.48 bits per heavy atom. The molecule has 1 heterocycles. The number of hydrogen-bond donors (Lipinski definition) is 2. The van der Waals surface area contributed by atoms with Gasteiger partial charge in [0.25, 0.3) is 0 Å². The predicted molar refractivity (Wildman–Crippen MR) is 91.9 cm³/mol. The van der Waals surface area contributed by atoms with Gasteiger partial charge in [-0.1, -0.05) is 22.0 Å². The zero-order valence-electron chi connectivity index (χ0n) is 13.3. The van der Waals surface area contributed by atoms with E-state index in [1.54, 1.807) is 0 Å². The van der Waals surface area contributed by atoms with E-state index in [1.165, 1.54) is 11.3 Å². The molecule has 0 aliphatic carbocycles. The molecule has 0 spiro atoms. The van der Waals surface area contributed by atoms with Crippen LogP contribution >= 0.6 is 15.9 Å². The van der Waals surface area contributed by atoms with Crippen molar-refractivity contribution >= 4 is 21.6 Å². The van der Waals surface area contributed by atoms with Gasteiger partial charge in [0.05, 0.1) is 6.10 Å². The summed E-state index contributed by atoms with van der Waals surface area (Å²) in [6, 6.07) is 7.18. The van der Waals surface area contributed by atoms with Crippen molar-refractivity contribution in [2.75, 3.05) is 39.1 Å². The third-order valence-corrected chi connectivity index (χ3v) is 4.87. The van der Waals surface area contributed by atoms with Crippen molar-refractivity contribution in [3.05, 3.63) is 28.2 Å². The summed E-state index contributed by atoms with van der Waals surface area (Å²) >= 11 is 3.68. The average Bonchev–Trinajstić information content (AvgIpc) is 2.77. The number of hydrogen-bond acceptors (Lipinski definition) is 4. The second kappa shape index (κ2) is 7.09. The largest absolute Gasteiger partial charge is 0.391 e. The minimum atomic E-state index is -0.232. The summed E-state index contributed by atoms with van der Waals surface area (Å²) in [6.45, 7) is 3.82. The SMILES string of the molecule is CNC(C)c1ccc(N2CC(O)CC2CN(C)C)cc1Br. The molecule has 1 aliphatic heterocycles. The zero-order valence-corrected chi connectivity index (χ0v) is 14.9. The van der Waals surface area contributed by atoms with Crippen LogP contribution in [0.25, 0.3) is 0 Å². The van der Waals surface area contributed by atoms with Crippen molar-refractivity contribution < 1.29 is 5.11 Å². The first-order valence-corrected chi connectivity index (χ1v) is 8.27. The van der Waals surface area contributed by atoms with Gasteiger partial charge in [-0.05, 0) is 52.2 Å². The minimum Gasteiger partial charge on any atom is -0.391 e.